The van der Waals surface area contributed by atoms with Gasteiger partial charge in [0.2, 0.25) is 5.88 Å². The maximum Gasteiger partial charge on any atom is 0.231 e. The van der Waals surface area contributed by atoms with Crippen molar-refractivity contribution in [1.29, 1.82) is 0 Å². The van der Waals surface area contributed by atoms with Gasteiger partial charge in [-0.05, 0) is 43.4 Å². The minimum absolute atomic E-state index is 0.663. The smallest absolute Gasteiger partial charge is 0.231 e. The summed E-state index contributed by atoms with van der Waals surface area (Å²) in [4.78, 5) is 23.4. The summed E-state index contributed by atoms with van der Waals surface area (Å²) in [6.45, 7) is 4.04. The number of hydrogen-bond donors (Lipinski definition) is 0. The molecule has 2 aliphatic rings. The van der Waals surface area contributed by atoms with Gasteiger partial charge in [0.05, 0.1) is 36.2 Å². The van der Waals surface area contributed by atoms with Crippen LogP contribution in [0.25, 0.3) is 21.3 Å². The molecule has 0 N–H and O–H groups in total. The van der Waals surface area contributed by atoms with E-state index >= 15 is 0 Å². The van der Waals surface area contributed by atoms with Gasteiger partial charge in [0.25, 0.3) is 0 Å². The van der Waals surface area contributed by atoms with Crippen LogP contribution in [0.3, 0.4) is 0 Å². The van der Waals surface area contributed by atoms with Crippen LogP contribution in [0.2, 0.25) is 0 Å². The van der Waals surface area contributed by atoms with Crippen LogP contribution in [0, 0.1) is 0 Å². The fourth-order valence-electron chi connectivity index (χ4n) is 4.39. The summed E-state index contributed by atoms with van der Waals surface area (Å²) < 4.78 is 11.9. The molecule has 3 aromatic heterocycles. The molecule has 4 heterocycles. The topological polar surface area (TPSA) is 73.3 Å². The van der Waals surface area contributed by atoms with Crippen molar-refractivity contribution in [3.05, 3.63) is 46.9 Å². The predicted molar refractivity (Wildman–Crippen MR) is 120 cm³/mol. The monoisotopic (exact) mass is 433 g/mol. The fraction of sp³-hybridized carbons (Fsp3) is 0.391. The lowest BCUT2D eigenvalue weighted by Gasteiger charge is -2.25. The van der Waals surface area contributed by atoms with Crippen molar-refractivity contribution in [2.75, 3.05) is 26.3 Å². The van der Waals surface area contributed by atoms with Crippen molar-refractivity contribution < 1.29 is 9.47 Å². The number of thiophene rings is 1. The lowest BCUT2D eigenvalue weighted by atomic mass is 9.97. The molecule has 4 aromatic rings. The zero-order valence-electron chi connectivity index (χ0n) is 17.2. The molecule has 1 aliphatic heterocycles. The number of benzene rings is 1. The molecule has 0 saturated carbocycles. The minimum Gasteiger partial charge on any atom is -0.438 e. The van der Waals surface area contributed by atoms with E-state index in [0.29, 0.717) is 12.4 Å². The summed E-state index contributed by atoms with van der Waals surface area (Å²) in [5.41, 5.74) is 3.04. The van der Waals surface area contributed by atoms with E-state index in [9.17, 15) is 0 Å². The van der Waals surface area contributed by atoms with Gasteiger partial charge in [-0.25, -0.2) is 4.98 Å². The maximum absolute atomic E-state index is 6.40. The highest BCUT2D eigenvalue weighted by Gasteiger charge is 2.23. The quantitative estimate of drug-likeness (QED) is 0.479. The van der Waals surface area contributed by atoms with Crippen LogP contribution in [-0.2, 0) is 24.1 Å². The molecule has 0 radical (unpaired) electrons. The Bertz CT molecular complexity index is 1250. The number of aromatic nitrogens is 4. The van der Waals surface area contributed by atoms with E-state index < -0.39 is 0 Å². The second-order valence-electron chi connectivity index (χ2n) is 8.03. The van der Waals surface area contributed by atoms with E-state index in [2.05, 4.69) is 14.9 Å². The molecule has 6 rings (SSSR count). The summed E-state index contributed by atoms with van der Waals surface area (Å²) in [7, 11) is 0. The molecule has 1 aromatic carbocycles. The van der Waals surface area contributed by atoms with Crippen molar-refractivity contribution in [1.82, 2.24) is 24.8 Å². The van der Waals surface area contributed by atoms with Crippen LogP contribution < -0.4 is 4.74 Å². The standard InChI is InChI=1S/C23H23N5O2S/c1-2-4-19-16(3-1)21-22(30-15-5-6-17-18(13-15)25-8-7-24-17)26-20(27-23(21)31-19)14-28-9-11-29-12-10-28/h5-8,13H,1-4,9-12,14H2. The second kappa shape index (κ2) is 8.11. The zero-order chi connectivity index (χ0) is 20.6. The third-order valence-electron chi connectivity index (χ3n) is 5.95. The first kappa shape index (κ1) is 19.0. The number of aryl methyl sites for hydroxylation is 2. The lowest BCUT2D eigenvalue weighted by Crippen LogP contribution is -2.36. The Morgan fingerprint density at radius 3 is 2.74 bits per heavy atom. The molecule has 0 bridgehead atoms. The van der Waals surface area contributed by atoms with E-state index in [4.69, 9.17) is 19.4 Å². The van der Waals surface area contributed by atoms with Crippen LogP contribution >= 0.6 is 11.3 Å². The second-order valence-corrected chi connectivity index (χ2v) is 9.12. The van der Waals surface area contributed by atoms with Gasteiger partial charge < -0.3 is 9.47 Å². The Morgan fingerprint density at radius 2 is 1.84 bits per heavy atom. The Morgan fingerprint density at radius 1 is 1.00 bits per heavy atom. The Hall–Kier alpha value is -2.68. The summed E-state index contributed by atoms with van der Waals surface area (Å²) in [5, 5.41) is 1.09. The molecule has 0 unspecified atom stereocenters. The van der Waals surface area contributed by atoms with Gasteiger partial charge in [-0.2, -0.15) is 4.98 Å². The normalized spacial score (nSPS) is 17.2. The first-order valence-electron chi connectivity index (χ1n) is 10.8. The van der Waals surface area contributed by atoms with E-state index in [0.717, 1.165) is 72.0 Å². The molecule has 0 atom stereocenters. The first-order valence-corrected chi connectivity index (χ1v) is 11.6. The first-order chi connectivity index (χ1) is 15.3. The summed E-state index contributed by atoms with van der Waals surface area (Å²) >= 11 is 1.81. The van der Waals surface area contributed by atoms with Gasteiger partial charge in [0.15, 0.2) is 0 Å². The Labute approximate surface area is 184 Å². The molecule has 1 fully saturated rings. The van der Waals surface area contributed by atoms with Crippen LogP contribution in [-0.4, -0.2) is 51.1 Å². The van der Waals surface area contributed by atoms with Crippen molar-refractivity contribution >= 4 is 32.6 Å². The van der Waals surface area contributed by atoms with Gasteiger partial charge in [-0.15, -0.1) is 11.3 Å². The average Bonchev–Trinajstić information content (AvgIpc) is 3.18. The zero-order valence-corrected chi connectivity index (χ0v) is 18.0. The third-order valence-corrected chi connectivity index (χ3v) is 7.14. The molecular formula is C23H23N5O2S. The molecule has 1 aliphatic carbocycles. The highest BCUT2D eigenvalue weighted by atomic mass is 32.1. The molecule has 0 amide bonds. The van der Waals surface area contributed by atoms with Crippen molar-refractivity contribution in [2.45, 2.75) is 32.2 Å². The Kier molecular flexibility index (Phi) is 4.98. The molecule has 0 spiro atoms. The molecule has 1 saturated heterocycles. The van der Waals surface area contributed by atoms with E-state index in [1.807, 2.05) is 18.2 Å². The fourth-order valence-corrected chi connectivity index (χ4v) is 5.66. The van der Waals surface area contributed by atoms with Crippen LogP contribution in [0.5, 0.6) is 11.6 Å². The van der Waals surface area contributed by atoms with Gasteiger partial charge in [-0.3, -0.25) is 14.9 Å². The number of ether oxygens (including phenoxy) is 2. The largest absolute Gasteiger partial charge is 0.438 e. The van der Waals surface area contributed by atoms with Gasteiger partial charge in [-0.1, -0.05) is 0 Å². The van der Waals surface area contributed by atoms with Crippen molar-refractivity contribution in [3.8, 4) is 11.6 Å². The van der Waals surface area contributed by atoms with E-state index in [-0.39, 0.29) is 0 Å². The number of morpholine rings is 1. The van der Waals surface area contributed by atoms with Crippen LogP contribution in [0.4, 0.5) is 0 Å². The van der Waals surface area contributed by atoms with Gasteiger partial charge in [0.1, 0.15) is 16.4 Å². The number of rotatable bonds is 4. The predicted octanol–water partition coefficient (Wildman–Crippen LogP) is 4.14. The van der Waals surface area contributed by atoms with E-state index in [1.165, 1.54) is 23.3 Å². The van der Waals surface area contributed by atoms with Gasteiger partial charge >= 0.3 is 0 Å². The van der Waals surface area contributed by atoms with Crippen molar-refractivity contribution in [3.63, 3.8) is 0 Å². The average molecular weight is 434 g/mol. The molecule has 7 nitrogen and oxygen atoms in total. The van der Waals surface area contributed by atoms with Gasteiger partial charge in [0, 0.05) is 36.4 Å². The molecule has 8 heteroatoms. The third kappa shape index (κ3) is 3.75. The van der Waals surface area contributed by atoms with Crippen molar-refractivity contribution in [2.24, 2.45) is 0 Å². The summed E-state index contributed by atoms with van der Waals surface area (Å²) in [6, 6.07) is 5.80. The SMILES string of the molecule is c1cnc2cc(Oc3nc(CN4CCOCC4)nc4sc5c(c34)CCCC5)ccc2n1. The minimum atomic E-state index is 0.663. The molecular weight excluding hydrogens is 410 g/mol. The number of hydrogen-bond acceptors (Lipinski definition) is 8. The van der Waals surface area contributed by atoms with E-state index in [1.54, 1.807) is 23.7 Å². The summed E-state index contributed by atoms with van der Waals surface area (Å²) in [6.07, 6.45) is 8.05. The number of nitrogens with zero attached hydrogens (tertiary/aromatic N) is 5. The highest BCUT2D eigenvalue weighted by molar-refractivity contribution is 7.18. The molecule has 158 valence electrons. The highest BCUT2D eigenvalue weighted by Crippen LogP contribution is 2.41. The maximum atomic E-state index is 6.40. The van der Waals surface area contributed by atoms with Crippen LogP contribution in [0.1, 0.15) is 29.1 Å². The Balaban J connectivity index is 1.42. The number of fused-ring (bicyclic) bond motifs is 4. The lowest BCUT2D eigenvalue weighted by molar-refractivity contribution is 0.0330. The van der Waals surface area contributed by atoms with Crippen LogP contribution in [0.15, 0.2) is 30.6 Å². The summed E-state index contributed by atoms with van der Waals surface area (Å²) in [5.74, 6) is 2.19. The molecule has 31 heavy (non-hydrogen) atoms.